The van der Waals surface area contributed by atoms with Gasteiger partial charge in [-0.15, -0.1) is 0 Å². The minimum atomic E-state index is -0.527. The Bertz CT molecular complexity index is 1060. The molecule has 0 unspecified atom stereocenters. The van der Waals surface area contributed by atoms with Gasteiger partial charge in [-0.05, 0) is 24.3 Å². The molecular weight excluding hydrogens is 397 g/mol. The Kier molecular flexibility index (Phi) is 4.14. The summed E-state index contributed by atoms with van der Waals surface area (Å²) in [5.41, 5.74) is 1.08. The topological polar surface area (TPSA) is 79.4 Å². The smallest absolute Gasteiger partial charge is 0.262 e. The van der Waals surface area contributed by atoms with E-state index in [2.05, 4.69) is 10.3 Å². The zero-order chi connectivity index (χ0) is 18.4. The molecule has 130 valence electrons. The zero-order valence-corrected chi connectivity index (χ0v) is 15.3. The Labute approximate surface area is 161 Å². The summed E-state index contributed by atoms with van der Waals surface area (Å²) >= 11 is 13.3. The third-order valence-electron chi connectivity index (χ3n) is 3.88. The Morgan fingerprint density at radius 1 is 1.08 bits per heavy atom. The van der Waals surface area contributed by atoms with Gasteiger partial charge in [0.15, 0.2) is 5.13 Å². The van der Waals surface area contributed by atoms with E-state index in [9.17, 15) is 14.4 Å². The van der Waals surface area contributed by atoms with Crippen molar-refractivity contribution in [2.24, 2.45) is 0 Å². The lowest BCUT2D eigenvalue weighted by Crippen LogP contribution is -2.37. The first-order valence-electron chi connectivity index (χ1n) is 7.45. The largest absolute Gasteiger partial charge is 0.300 e. The molecule has 0 atom stereocenters. The highest BCUT2D eigenvalue weighted by molar-refractivity contribution is 7.22. The number of aromatic nitrogens is 1. The lowest BCUT2D eigenvalue weighted by molar-refractivity contribution is -0.116. The van der Waals surface area contributed by atoms with Crippen LogP contribution in [0.25, 0.3) is 10.2 Å². The van der Waals surface area contributed by atoms with E-state index in [1.165, 1.54) is 11.3 Å². The molecule has 2 aromatic carbocycles. The number of carbonyl (C=O) groups excluding carboxylic acids is 3. The lowest BCUT2D eigenvalue weighted by atomic mass is 10.1. The van der Waals surface area contributed by atoms with Gasteiger partial charge in [0.25, 0.3) is 11.8 Å². The van der Waals surface area contributed by atoms with Crippen molar-refractivity contribution < 1.29 is 14.4 Å². The molecule has 4 rings (SSSR count). The highest BCUT2D eigenvalue weighted by atomic mass is 35.5. The van der Waals surface area contributed by atoms with Crippen LogP contribution in [0.2, 0.25) is 10.0 Å². The quantitative estimate of drug-likeness (QED) is 0.671. The molecule has 1 aromatic heterocycles. The fourth-order valence-corrected chi connectivity index (χ4v) is 3.98. The van der Waals surface area contributed by atoms with Crippen LogP contribution in [0.15, 0.2) is 36.4 Å². The Morgan fingerprint density at radius 2 is 1.73 bits per heavy atom. The van der Waals surface area contributed by atoms with E-state index in [1.807, 2.05) is 0 Å². The van der Waals surface area contributed by atoms with Crippen molar-refractivity contribution in [2.75, 3.05) is 11.9 Å². The maximum atomic E-state index is 12.3. The maximum absolute atomic E-state index is 12.3. The molecule has 0 saturated heterocycles. The summed E-state index contributed by atoms with van der Waals surface area (Å²) in [7, 11) is 0. The van der Waals surface area contributed by atoms with Gasteiger partial charge in [-0.2, -0.15) is 0 Å². The number of carbonyl (C=O) groups is 3. The highest BCUT2D eigenvalue weighted by Crippen LogP contribution is 2.35. The Balaban J connectivity index is 1.53. The van der Waals surface area contributed by atoms with E-state index in [-0.39, 0.29) is 0 Å². The molecular formula is C17H9Cl2N3O3S. The predicted molar refractivity (Wildman–Crippen MR) is 100 cm³/mol. The number of nitrogens with one attached hydrogen (secondary N) is 1. The summed E-state index contributed by atoms with van der Waals surface area (Å²) in [6.07, 6.45) is 0. The van der Waals surface area contributed by atoms with Crippen LogP contribution in [0.1, 0.15) is 20.7 Å². The summed E-state index contributed by atoms with van der Waals surface area (Å²) in [4.78, 5) is 42.0. The minimum Gasteiger partial charge on any atom is -0.300 e. The van der Waals surface area contributed by atoms with Gasteiger partial charge in [-0.3, -0.25) is 19.3 Å². The third-order valence-corrected chi connectivity index (χ3v) is 5.61. The van der Waals surface area contributed by atoms with Gasteiger partial charge in [-0.25, -0.2) is 4.98 Å². The summed E-state index contributed by atoms with van der Waals surface area (Å²) in [6.45, 7) is -0.392. The van der Waals surface area contributed by atoms with Gasteiger partial charge in [0.2, 0.25) is 5.91 Å². The molecule has 26 heavy (non-hydrogen) atoms. The standard InChI is InChI=1S/C17H9Cl2N3O3S/c18-10-5-6-11-14(13(10)19)21-17(26-11)20-12(23)7-22-15(24)8-3-1-2-4-9(8)16(22)25/h1-6H,7H2,(H,20,21,23). The second kappa shape index (κ2) is 6.35. The van der Waals surface area contributed by atoms with Crippen LogP contribution in [-0.4, -0.2) is 34.2 Å². The minimum absolute atomic E-state index is 0.298. The second-order valence-electron chi connectivity index (χ2n) is 5.52. The van der Waals surface area contributed by atoms with Crippen molar-refractivity contribution in [3.63, 3.8) is 0 Å². The molecule has 3 aromatic rings. The number of imide groups is 1. The van der Waals surface area contributed by atoms with Crippen LogP contribution < -0.4 is 5.32 Å². The SMILES string of the molecule is O=C(CN1C(=O)c2ccccc2C1=O)Nc1nc2c(Cl)c(Cl)ccc2s1. The van der Waals surface area contributed by atoms with Crippen LogP contribution in [0.5, 0.6) is 0 Å². The van der Waals surface area contributed by atoms with Crippen LogP contribution in [0.4, 0.5) is 5.13 Å². The van der Waals surface area contributed by atoms with Crippen LogP contribution in [-0.2, 0) is 4.79 Å². The van der Waals surface area contributed by atoms with Gasteiger partial charge in [0.05, 0.1) is 25.9 Å². The average molecular weight is 406 g/mol. The number of amides is 3. The number of hydrogen-bond acceptors (Lipinski definition) is 5. The van der Waals surface area contributed by atoms with E-state index in [1.54, 1.807) is 36.4 Å². The number of halogens is 2. The fraction of sp³-hybridized carbons (Fsp3) is 0.0588. The molecule has 6 nitrogen and oxygen atoms in total. The average Bonchev–Trinajstić information content (AvgIpc) is 3.14. The molecule has 1 N–H and O–H groups in total. The highest BCUT2D eigenvalue weighted by Gasteiger charge is 2.36. The van der Waals surface area contributed by atoms with E-state index in [4.69, 9.17) is 23.2 Å². The molecule has 2 heterocycles. The summed E-state index contributed by atoms with van der Waals surface area (Å²) in [5, 5.41) is 3.58. The first kappa shape index (κ1) is 17.0. The van der Waals surface area contributed by atoms with Crippen molar-refractivity contribution in [1.29, 1.82) is 0 Å². The number of rotatable bonds is 3. The molecule has 1 aliphatic rings. The molecule has 9 heteroatoms. The molecule has 0 bridgehead atoms. The van der Waals surface area contributed by atoms with Gasteiger partial charge >= 0.3 is 0 Å². The molecule has 0 spiro atoms. The van der Waals surface area contributed by atoms with Gasteiger partial charge < -0.3 is 5.32 Å². The first-order chi connectivity index (χ1) is 12.5. The summed E-state index contributed by atoms with van der Waals surface area (Å²) in [5.74, 6) is -1.50. The van der Waals surface area contributed by atoms with Crippen molar-refractivity contribution >= 4 is 67.6 Å². The molecule has 0 radical (unpaired) electrons. The zero-order valence-electron chi connectivity index (χ0n) is 13.0. The molecule has 1 aliphatic heterocycles. The number of benzene rings is 2. The molecule has 0 saturated carbocycles. The van der Waals surface area contributed by atoms with Crippen LogP contribution >= 0.6 is 34.5 Å². The number of thiazole rings is 1. The van der Waals surface area contributed by atoms with E-state index < -0.39 is 24.3 Å². The molecule has 3 amide bonds. The third kappa shape index (κ3) is 2.74. The van der Waals surface area contributed by atoms with E-state index in [0.717, 1.165) is 9.60 Å². The van der Waals surface area contributed by atoms with E-state index >= 15 is 0 Å². The Hall–Kier alpha value is -2.48. The summed E-state index contributed by atoms with van der Waals surface area (Å²) in [6, 6.07) is 9.86. The van der Waals surface area contributed by atoms with Gasteiger partial charge in [0.1, 0.15) is 12.1 Å². The number of anilines is 1. The number of fused-ring (bicyclic) bond motifs is 2. The normalized spacial score (nSPS) is 13.4. The van der Waals surface area contributed by atoms with Gasteiger partial charge in [-0.1, -0.05) is 46.7 Å². The maximum Gasteiger partial charge on any atom is 0.262 e. The van der Waals surface area contributed by atoms with Crippen molar-refractivity contribution in [1.82, 2.24) is 9.88 Å². The van der Waals surface area contributed by atoms with Crippen molar-refractivity contribution in [3.05, 3.63) is 57.6 Å². The molecule has 0 aliphatic carbocycles. The fourth-order valence-electron chi connectivity index (χ4n) is 2.68. The molecule has 0 fully saturated rings. The predicted octanol–water partition coefficient (Wildman–Crippen LogP) is 3.84. The lowest BCUT2D eigenvalue weighted by Gasteiger charge is -2.12. The Morgan fingerprint density at radius 3 is 2.38 bits per heavy atom. The van der Waals surface area contributed by atoms with Crippen LogP contribution in [0, 0.1) is 0 Å². The van der Waals surface area contributed by atoms with Crippen molar-refractivity contribution in [3.8, 4) is 0 Å². The number of hydrogen-bond donors (Lipinski definition) is 1. The first-order valence-corrected chi connectivity index (χ1v) is 9.02. The van der Waals surface area contributed by atoms with Gasteiger partial charge in [0, 0.05) is 0 Å². The van der Waals surface area contributed by atoms with Crippen LogP contribution in [0.3, 0.4) is 0 Å². The second-order valence-corrected chi connectivity index (χ2v) is 7.33. The monoisotopic (exact) mass is 405 g/mol. The van der Waals surface area contributed by atoms with Crippen molar-refractivity contribution in [2.45, 2.75) is 0 Å². The summed E-state index contributed by atoms with van der Waals surface area (Å²) < 4.78 is 0.760. The van der Waals surface area contributed by atoms with E-state index in [0.29, 0.717) is 31.8 Å². The number of nitrogens with zero attached hydrogens (tertiary/aromatic N) is 2.